The summed E-state index contributed by atoms with van der Waals surface area (Å²) >= 11 is 7.58. The van der Waals surface area contributed by atoms with Crippen LogP contribution in [0.2, 0.25) is 5.02 Å². The molecule has 2 heterocycles. The van der Waals surface area contributed by atoms with Crippen molar-refractivity contribution < 1.29 is 9.21 Å². The van der Waals surface area contributed by atoms with Crippen LogP contribution in [-0.4, -0.2) is 5.91 Å². The van der Waals surface area contributed by atoms with Crippen molar-refractivity contribution in [3.05, 3.63) is 69.6 Å². The maximum absolute atomic E-state index is 12.1. The van der Waals surface area contributed by atoms with Gasteiger partial charge < -0.3 is 9.73 Å². The maximum Gasteiger partial charge on any atom is 0.253 e. The lowest BCUT2D eigenvalue weighted by molar-refractivity contribution is 0.0951. The molecule has 0 aliphatic heterocycles. The molecule has 2 aromatic heterocycles. The molecule has 3 aromatic rings. The van der Waals surface area contributed by atoms with Gasteiger partial charge in [0, 0.05) is 15.8 Å². The molecule has 5 heteroatoms. The summed E-state index contributed by atoms with van der Waals surface area (Å²) in [6, 6.07) is 12.8. The molecule has 1 aromatic carbocycles. The Morgan fingerprint density at radius 2 is 2.10 bits per heavy atom. The van der Waals surface area contributed by atoms with Crippen molar-refractivity contribution in [1.29, 1.82) is 0 Å². The normalized spacial score (nSPS) is 10.5. The number of benzene rings is 1. The Morgan fingerprint density at radius 1 is 1.24 bits per heavy atom. The van der Waals surface area contributed by atoms with Gasteiger partial charge in [-0.15, -0.1) is 11.3 Å². The molecule has 106 valence electrons. The van der Waals surface area contributed by atoms with E-state index in [1.165, 1.54) is 0 Å². The molecule has 0 aliphatic carbocycles. The van der Waals surface area contributed by atoms with Gasteiger partial charge in [-0.2, -0.15) is 0 Å². The number of thiophene rings is 1. The van der Waals surface area contributed by atoms with Crippen LogP contribution in [0.5, 0.6) is 0 Å². The SMILES string of the molecule is O=C(NCc1cc(-c2ccco2)cs1)c1ccccc1Cl. The number of nitrogens with one attached hydrogen (secondary N) is 1. The van der Waals surface area contributed by atoms with E-state index >= 15 is 0 Å². The van der Waals surface area contributed by atoms with E-state index in [2.05, 4.69) is 5.32 Å². The van der Waals surface area contributed by atoms with Crippen LogP contribution in [0.1, 0.15) is 15.2 Å². The van der Waals surface area contributed by atoms with Crippen LogP contribution in [-0.2, 0) is 6.54 Å². The summed E-state index contributed by atoms with van der Waals surface area (Å²) in [6.07, 6.45) is 1.64. The van der Waals surface area contributed by atoms with Crippen LogP contribution in [0.25, 0.3) is 11.3 Å². The monoisotopic (exact) mass is 317 g/mol. The van der Waals surface area contributed by atoms with Crippen molar-refractivity contribution in [2.24, 2.45) is 0 Å². The Kier molecular flexibility index (Phi) is 4.08. The summed E-state index contributed by atoms with van der Waals surface area (Å²) in [4.78, 5) is 13.1. The highest BCUT2D eigenvalue weighted by molar-refractivity contribution is 7.10. The lowest BCUT2D eigenvalue weighted by atomic mass is 10.2. The zero-order chi connectivity index (χ0) is 14.7. The number of amides is 1. The van der Waals surface area contributed by atoms with E-state index in [0.29, 0.717) is 17.1 Å². The van der Waals surface area contributed by atoms with Crippen LogP contribution >= 0.6 is 22.9 Å². The fourth-order valence-corrected chi connectivity index (χ4v) is 2.99. The first-order chi connectivity index (χ1) is 10.2. The molecule has 0 aliphatic rings. The Hall–Kier alpha value is -2.04. The average Bonchev–Trinajstić information content (AvgIpc) is 3.16. The van der Waals surface area contributed by atoms with E-state index < -0.39 is 0 Å². The highest BCUT2D eigenvalue weighted by Crippen LogP contribution is 2.26. The molecule has 0 atom stereocenters. The van der Waals surface area contributed by atoms with Crippen LogP contribution < -0.4 is 5.32 Å². The molecular weight excluding hydrogens is 306 g/mol. The van der Waals surface area contributed by atoms with Crippen molar-refractivity contribution in [3.63, 3.8) is 0 Å². The van der Waals surface area contributed by atoms with Gasteiger partial charge in [0.15, 0.2) is 0 Å². The van der Waals surface area contributed by atoms with Crippen molar-refractivity contribution in [2.45, 2.75) is 6.54 Å². The molecule has 0 spiro atoms. The van der Waals surface area contributed by atoms with E-state index in [1.807, 2.05) is 23.6 Å². The van der Waals surface area contributed by atoms with Crippen LogP contribution in [0, 0.1) is 0 Å². The molecular formula is C16H12ClNO2S. The second-order valence-electron chi connectivity index (χ2n) is 4.44. The zero-order valence-corrected chi connectivity index (χ0v) is 12.6. The highest BCUT2D eigenvalue weighted by atomic mass is 35.5. The summed E-state index contributed by atoms with van der Waals surface area (Å²) in [5.74, 6) is 0.656. The number of rotatable bonds is 4. The molecule has 0 saturated carbocycles. The molecule has 0 unspecified atom stereocenters. The van der Waals surface area contributed by atoms with Crippen molar-refractivity contribution in [2.75, 3.05) is 0 Å². The minimum atomic E-state index is -0.173. The number of carbonyl (C=O) groups is 1. The molecule has 0 bridgehead atoms. The molecule has 21 heavy (non-hydrogen) atoms. The number of hydrogen-bond acceptors (Lipinski definition) is 3. The molecule has 0 saturated heterocycles. The summed E-state index contributed by atoms with van der Waals surface area (Å²) < 4.78 is 5.35. The molecule has 0 fully saturated rings. The Bertz CT molecular complexity index is 749. The fraction of sp³-hybridized carbons (Fsp3) is 0.0625. The first kappa shape index (κ1) is 13.9. The second kappa shape index (κ2) is 6.16. The van der Waals surface area contributed by atoms with E-state index in [-0.39, 0.29) is 5.91 Å². The summed E-state index contributed by atoms with van der Waals surface area (Å²) in [5.41, 5.74) is 1.51. The Labute approximate surface area is 131 Å². The minimum absolute atomic E-state index is 0.173. The summed E-state index contributed by atoms with van der Waals surface area (Å²) in [6.45, 7) is 0.468. The van der Waals surface area contributed by atoms with Gasteiger partial charge in [-0.1, -0.05) is 23.7 Å². The number of halogens is 1. The average molecular weight is 318 g/mol. The van der Waals surface area contributed by atoms with Gasteiger partial charge in [-0.05, 0) is 30.3 Å². The largest absolute Gasteiger partial charge is 0.464 e. The van der Waals surface area contributed by atoms with Crippen LogP contribution in [0.3, 0.4) is 0 Å². The lowest BCUT2D eigenvalue weighted by Crippen LogP contribution is -2.22. The van der Waals surface area contributed by atoms with E-state index in [0.717, 1.165) is 16.2 Å². The first-order valence-corrected chi connectivity index (χ1v) is 7.64. The number of hydrogen-bond donors (Lipinski definition) is 1. The lowest BCUT2D eigenvalue weighted by Gasteiger charge is -2.05. The van der Waals surface area contributed by atoms with Gasteiger partial charge in [0.2, 0.25) is 0 Å². The van der Waals surface area contributed by atoms with Crippen molar-refractivity contribution >= 4 is 28.8 Å². The minimum Gasteiger partial charge on any atom is -0.464 e. The van der Waals surface area contributed by atoms with Crippen molar-refractivity contribution in [1.82, 2.24) is 5.32 Å². The van der Waals surface area contributed by atoms with Gasteiger partial charge in [0.25, 0.3) is 5.91 Å². The quantitative estimate of drug-likeness (QED) is 0.764. The van der Waals surface area contributed by atoms with Gasteiger partial charge in [0.1, 0.15) is 5.76 Å². The molecule has 1 N–H and O–H groups in total. The van der Waals surface area contributed by atoms with E-state index in [4.69, 9.17) is 16.0 Å². The fourth-order valence-electron chi connectivity index (χ4n) is 1.95. The molecule has 3 nitrogen and oxygen atoms in total. The van der Waals surface area contributed by atoms with E-state index in [9.17, 15) is 4.79 Å². The van der Waals surface area contributed by atoms with Gasteiger partial charge >= 0.3 is 0 Å². The third kappa shape index (κ3) is 3.17. The molecule has 3 rings (SSSR count). The van der Waals surface area contributed by atoms with Gasteiger partial charge in [-0.3, -0.25) is 4.79 Å². The van der Waals surface area contributed by atoms with E-state index in [1.54, 1.807) is 41.9 Å². The zero-order valence-electron chi connectivity index (χ0n) is 11.0. The Balaban J connectivity index is 1.66. The standard InChI is InChI=1S/C16H12ClNO2S/c17-14-5-2-1-4-13(14)16(19)18-9-12-8-11(10-21-12)15-6-3-7-20-15/h1-8,10H,9H2,(H,18,19). The molecule has 1 amide bonds. The third-order valence-corrected chi connectivity index (χ3v) is 4.27. The topological polar surface area (TPSA) is 42.2 Å². The molecule has 0 radical (unpaired) electrons. The van der Waals surface area contributed by atoms with Gasteiger partial charge in [0.05, 0.1) is 23.4 Å². The number of carbonyl (C=O) groups excluding carboxylic acids is 1. The third-order valence-electron chi connectivity index (χ3n) is 3.00. The predicted octanol–water partition coefficient (Wildman–Crippen LogP) is 4.59. The first-order valence-electron chi connectivity index (χ1n) is 6.38. The second-order valence-corrected chi connectivity index (χ2v) is 5.84. The maximum atomic E-state index is 12.1. The van der Waals surface area contributed by atoms with Crippen molar-refractivity contribution in [3.8, 4) is 11.3 Å². The van der Waals surface area contributed by atoms with Gasteiger partial charge in [-0.25, -0.2) is 0 Å². The van der Waals surface area contributed by atoms with Crippen LogP contribution in [0.15, 0.2) is 58.5 Å². The Morgan fingerprint density at radius 3 is 2.86 bits per heavy atom. The van der Waals surface area contributed by atoms with Crippen LogP contribution in [0.4, 0.5) is 0 Å². The predicted molar refractivity (Wildman–Crippen MR) is 84.6 cm³/mol. The summed E-state index contributed by atoms with van der Waals surface area (Å²) in [7, 11) is 0. The number of furan rings is 1. The smallest absolute Gasteiger partial charge is 0.253 e. The summed E-state index contributed by atoms with van der Waals surface area (Å²) in [5, 5.41) is 5.34. The highest BCUT2D eigenvalue weighted by Gasteiger charge is 2.10.